The number of benzene rings is 1. The van der Waals surface area contributed by atoms with E-state index in [0.29, 0.717) is 5.56 Å². The van der Waals surface area contributed by atoms with Gasteiger partial charge in [-0.1, -0.05) is 12.1 Å². The zero-order valence-corrected chi connectivity index (χ0v) is 18.0. The summed E-state index contributed by atoms with van der Waals surface area (Å²) in [6.45, 7) is 9.93. The average Bonchev–Trinajstić information content (AvgIpc) is 2.78. The van der Waals surface area contributed by atoms with Crippen molar-refractivity contribution in [3.63, 3.8) is 0 Å². The van der Waals surface area contributed by atoms with Gasteiger partial charge in [-0.2, -0.15) is 5.06 Å². The summed E-state index contributed by atoms with van der Waals surface area (Å²) in [5, 5.41) is 11.5. The number of carbonyl (C=O) groups is 3. The smallest absolute Gasteiger partial charge is 0.331 e. The van der Waals surface area contributed by atoms with E-state index in [0.717, 1.165) is 5.57 Å². The molecule has 1 heterocycles. The highest BCUT2D eigenvalue weighted by atomic mass is 16.6. The van der Waals surface area contributed by atoms with Crippen LogP contribution in [0.3, 0.4) is 0 Å². The van der Waals surface area contributed by atoms with Gasteiger partial charge in [-0.25, -0.2) is 4.79 Å². The van der Waals surface area contributed by atoms with E-state index in [9.17, 15) is 19.6 Å². The summed E-state index contributed by atoms with van der Waals surface area (Å²) in [6.07, 6.45) is 4.61. The van der Waals surface area contributed by atoms with Crippen LogP contribution in [-0.4, -0.2) is 45.9 Å². The first kappa shape index (κ1) is 23.3. The van der Waals surface area contributed by atoms with Gasteiger partial charge in [0.25, 0.3) is 0 Å². The largest absolute Gasteiger partial charge is 0.458 e. The molecule has 1 aliphatic heterocycles. The van der Waals surface area contributed by atoms with Gasteiger partial charge in [0.05, 0.1) is 11.1 Å². The van der Waals surface area contributed by atoms with Gasteiger partial charge < -0.3 is 19.4 Å². The summed E-state index contributed by atoms with van der Waals surface area (Å²) >= 11 is 0. The fourth-order valence-corrected chi connectivity index (χ4v) is 3.20. The molecule has 0 amide bonds. The van der Waals surface area contributed by atoms with Gasteiger partial charge in [-0.3, -0.25) is 9.59 Å². The first-order valence-corrected chi connectivity index (χ1v) is 9.40. The van der Waals surface area contributed by atoms with Gasteiger partial charge in [0, 0.05) is 19.9 Å². The maximum absolute atomic E-state index is 12.1. The zero-order chi connectivity index (χ0) is 22.7. The molecule has 1 N–H and O–H groups in total. The molecule has 0 aliphatic carbocycles. The average molecular weight is 417 g/mol. The van der Waals surface area contributed by atoms with Crippen LogP contribution in [0.2, 0.25) is 0 Å². The summed E-state index contributed by atoms with van der Waals surface area (Å²) in [7, 11) is 0. The highest BCUT2D eigenvalue weighted by molar-refractivity contribution is 5.87. The Morgan fingerprint density at radius 1 is 1.03 bits per heavy atom. The number of esters is 3. The molecule has 0 fully saturated rings. The first-order valence-electron chi connectivity index (χ1n) is 9.40. The Morgan fingerprint density at radius 3 is 2.17 bits per heavy atom. The molecule has 1 aromatic carbocycles. The van der Waals surface area contributed by atoms with E-state index in [4.69, 9.17) is 14.2 Å². The Kier molecular flexibility index (Phi) is 6.84. The van der Waals surface area contributed by atoms with E-state index < -0.39 is 29.0 Å². The Morgan fingerprint density at radius 2 is 1.63 bits per heavy atom. The number of carbonyl (C=O) groups excluding carboxylic acids is 3. The Hall–Kier alpha value is -2.97. The number of hydrogen-bond donors (Lipinski definition) is 1. The van der Waals surface area contributed by atoms with Crippen LogP contribution in [0.25, 0.3) is 6.08 Å². The van der Waals surface area contributed by atoms with Crippen LogP contribution >= 0.6 is 0 Å². The topological polar surface area (TPSA) is 102 Å². The van der Waals surface area contributed by atoms with Crippen molar-refractivity contribution in [2.75, 3.05) is 6.61 Å². The molecular weight excluding hydrogens is 390 g/mol. The van der Waals surface area contributed by atoms with Crippen molar-refractivity contribution >= 4 is 24.0 Å². The lowest BCUT2D eigenvalue weighted by molar-refractivity contribution is -0.186. The predicted molar refractivity (Wildman–Crippen MR) is 109 cm³/mol. The van der Waals surface area contributed by atoms with E-state index in [-0.39, 0.29) is 18.1 Å². The fourth-order valence-electron chi connectivity index (χ4n) is 3.20. The van der Waals surface area contributed by atoms with Crippen molar-refractivity contribution in [1.29, 1.82) is 0 Å². The highest BCUT2D eigenvalue weighted by Crippen LogP contribution is 2.38. The number of hydroxylamine groups is 2. The van der Waals surface area contributed by atoms with Crippen molar-refractivity contribution in [3.05, 3.63) is 41.5 Å². The SMILES string of the molecule is CC(=O)Oc1ccc(/C=C/C(=O)OCC2=CC(C)(C)N(O)C2(C)C)cc1OC(C)=O. The lowest BCUT2D eigenvalue weighted by Crippen LogP contribution is -2.48. The molecule has 30 heavy (non-hydrogen) atoms. The van der Waals surface area contributed by atoms with Crippen LogP contribution in [0.15, 0.2) is 35.9 Å². The minimum Gasteiger partial charge on any atom is -0.458 e. The van der Waals surface area contributed by atoms with Crippen molar-refractivity contribution in [2.24, 2.45) is 0 Å². The van der Waals surface area contributed by atoms with Crippen LogP contribution in [0.5, 0.6) is 11.5 Å². The maximum Gasteiger partial charge on any atom is 0.331 e. The third-order valence-electron chi connectivity index (χ3n) is 4.65. The molecule has 0 aromatic heterocycles. The molecule has 0 spiro atoms. The van der Waals surface area contributed by atoms with Gasteiger partial charge in [0.2, 0.25) is 0 Å². The summed E-state index contributed by atoms with van der Waals surface area (Å²) in [5.74, 6) is -1.53. The highest BCUT2D eigenvalue weighted by Gasteiger charge is 2.45. The fraction of sp³-hybridized carbons (Fsp3) is 0.409. The van der Waals surface area contributed by atoms with Crippen molar-refractivity contribution in [1.82, 2.24) is 5.06 Å². The van der Waals surface area contributed by atoms with Gasteiger partial charge in [0.1, 0.15) is 6.61 Å². The summed E-state index contributed by atoms with van der Waals surface area (Å²) in [4.78, 5) is 34.6. The van der Waals surface area contributed by atoms with Crippen LogP contribution in [-0.2, 0) is 19.1 Å². The van der Waals surface area contributed by atoms with Crippen molar-refractivity contribution in [3.8, 4) is 11.5 Å². The molecule has 162 valence electrons. The number of rotatable bonds is 6. The van der Waals surface area contributed by atoms with Gasteiger partial charge >= 0.3 is 17.9 Å². The van der Waals surface area contributed by atoms with Crippen LogP contribution in [0, 0.1) is 0 Å². The minimum atomic E-state index is -0.654. The molecule has 0 bridgehead atoms. The second-order valence-corrected chi connectivity index (χ2v) is 8.03. The Balaban J connectivity index is 2.07. The van der Waals surface area contributed by atoms with Gasteiger partial charge in [-0.05, 0) is 57.0 Å². The van der Waals surface area contributed by atoms with E-state index in [1.54, 1.807) is 6.07 Å². The molecule has 0 unspecified atom stereocenters. The van der Waals surface area contributed by atoms with E-state index >= 15 is 0 Å². The molecule has 2 rings (SSSR count). The number of nitrogens with zero attached hydrogens (tertiary/aromatic N) is 1. The molecule has 1 aliphatic rings. The Labute approximate surface area is 175 Å². The third-order valence-corrected chi connectivity index (χ3v) is 4.65. The van der Waals surface area contributed by atoms with Crippen molar-refractivity contribution < 1.29 is 33.8 Å². The van der Waals surface area contributed by atoms with E-state index in [1.807, 2.05) is 33.8 Å². The van der Waals surface area contributed by atoms with E-state index in [2.05, 4.69) is 0 Å². The maximum atomic E-state index is 12.1. The monoisotopic (exact) mass is 417 g/mol. The zero-order valence-electron chi connectivity index (χ0n) is 18.0. The standard InChI is InChI=1S/C22H27NO7/c1-14(24)29-18-9-7-16(11-19(18)30-15(2)25)8-10-20(26)28-13-17-12-21(3,4)23(27)22(17,5)6/h7-12,27H,13H2,1-6H3/b10-8+. The molecule has 1 aromatic rings. The lowest BCUT2D eigenvalue weighted by atomic mass is 9.97. The molecular formula is C22H27NO7. The number of hydrogen-bond acceptors (Lipinski definition) is 8. The molecule has 0 atom stereocenters. The van der Waals surface area contributed by atoms with Crippen LogP contribution < -0.4 is 9.47 Å². The second kappa shape index (κ2) is 8.81. The van der Waals surface area contributed by atoms with Crippen LogP contribution in [0.4, 0.5) is 0 Å². The quantitative estimate of drug-likeness (QED) is 0.326. The lowest BCUT2D eigenvalue weighted by Gasteiger charge is -2.36. The Bertz CT molecular complexity index is 912. The van der Waals surface area contributed by atoms with Crippen molar-refractivity contribution in [2.45, 2.75) is 52.6 Å². The number of ether oxygens (including phenoxy) is 3. The third kappa shape index (κ3) is 5.55. The summed E-state index contributed by atoms with van der Waals surface area (Å²) in [6, 6.07) is 4.54. The molecule has 0 saturated heterocycles. The van der Waals surface area contributed by atoms with Gasteiger partial charge in [-0.15, -0.1) is 0 Å². The molecule has 0 radical (unpaired) electrons. The van der Waals surface area contributed by atoms with Crippen LogP contribution in [0.1, 0.15) is 47.1 Å². The first-order chi connectivity index (χ1) is 13.8. The van der Waals surface area contributed by atoms with E-state index in [1.165, 1.54) is 43.2 Å². The molecule has 8 heteroatoms. The summed E-state index contributed by atoms with van der Waals surface area (Å²) in [5.41, 5.74) is 0.124. The molecule has 0 saturated carbocycles. The van der Waals surface area contributed by atoms with Gasteiger partial charge in [0.15, 0.2) is 11.5 Å². The summed E-state index contributed by atoms with van der Waals surface area (Å²) < 4.78 is 15.4. The minimum absolute atomic E-state index is 0.0424. The molecule has 8 nitrogen and oxygen atoms in total. The predicted octanol–water partition coefficient (Wildman–Crippen LogP) is 3.28. The second-order valence-electron chi connectivity index (χ2n) is 8.03. The normalized spacial score (nSPS) is 17.5.